The van der Waals surface area contributed by atoms with Gasteiger partial charge in [0.2, 0.25) is 0 Å². The van der Waals surface area contributed by atoms with Crippen LogP contribution < -0.4 is 4.74 Å². The summed E-state index contributed by atoms with van der Waals surface area (Å²) in [5.41, 5.74) is 6.08. The third-order valence-corrected chi connectivity index (χ3v) is 6.46. The first-order chi connectivity index (χ1) is 15.2. The van der Waals surface area contributed by atoms with Crippen LogP contribution in [0.5, 0.6) is 5.75 Å². The van der Waals surface area contributed by atoms with Crippen LogP contribution in [0.1, 0.15) is 35.4 Å². The highest BCUT2D eigenvalue weighted by atomic mass is 19.1. The molecule has 0 radical (unpaired) electrons. The maximum atomic E-state index is 13.9. The molecule has 0 unspecified atom stereocenters. The van der Waals surface area contributed by atoms with E-state index in [2.05, 4.69) is 27.1 Å². The highest BCUT2D eigenvalue weighted by Gasteiger charge is 2.25. The van der Waals surface area contributed by atoms with Gasteiger partial charge >= 0.3 is 0 Å². The van der Waals surface area contributed by atoms with E-state index in [1.165, 1.54) is 16.7 Å². The molecule has 5 rings (SSSR count). The molecule has 0 saturated carbocycles. The molecule has 1 fully saturated rings. The Morgan fingerprint density at radius 2 is 1.81 bits per heavy atom. The minimum Gasteiger partial charge on any atom is -0.497 e. The number of hydrogen-bond acceptors (Lipinski definition) is 4. The number of aromatic nitrogens is 3. The lowest BCUT2D eigenvalue weighted by atomic mass is 9.89. The van der Waals surface area contributed by atoms with Gasteiger partial charge < -0.3 is 9.64 Å². The van der Waals surface area contributed by atoms with Crippen LogP contribution >= 0.6 is 0 Å². The molecule has 5 nitrogen and oxygen atoms in total. The van der Waals surface area contributed by atoms with Gasteiger partial charge in [-0.3, -0.25) is 0 Å². The van der Waals surface area contributed by atoms with Gasteiger partial charge in [0.25, 0.3) is 0 Å². The molecule has 0 bridgehead atoms. The molecule has 0 aliphatic carbocycles. The van der Waals surface area contributed by atoms with E-state index in [1.807, 2.05) is 22.9 Å². The lowest BCUT2D eigenvalue weighted by Crippen LogP contribution is -2.33. The zero-order valence-electron chi connectivity index (χ0n) is 17.9. The largest absolute Gasteiger partial charge is 0.497 e. The van der Waals surface area contributed by atoms with E-state index < -0.39 is 0 Å². The molecule has 31 heavy (non-hydrogen) atoms. The van der Waals surface area contributed by atoms with Crippen LogP contribution in [0, 0.1) is 5.82 Å². The van der Waals surface area contributed by atoms with E-state index in [9.17, 15) is 4.39 Å². The predicted octanol–water partition coefficient (Wildman–Crippen LogP) is 4.12. The summed E-state index contributed by atoms with van der Waals surface area (Å²) in [7, 11) is 1.69. The fraction of sp³-hybridized carbons (Fsp3) is 0.360. The smallest absolute Gasteiger partial charge is 0.158 e. The third kappa shape index (κ3) is 4.12. The summed E-state index contributed by atoms with van der Waals surface area (Å²) in [5.74, 6) is 1.64. The Morgan fingerprint density at radius 1 is 1.00 bits per heavy atom. The number of methoxy groups -OCH3 is 1. The summed E-state index contributed by atoms with van der Waals surface area (Å²) in [4.78, 5) is 7.11. The minimum atomic E-state index is -0.177. The number of rotatable bonds is 4. The van der Waals surface area contributed by atoms with Crippen LogP contribution in [0.3, 0.4) is 0 Å². The summed E-state index contributed by atoms with van der Waals surface area (Å²) >= 11 is 0. The summed E-state index contributed by atoms with van der Waals surface area (Å²) < 4.78 is 21.1. The summed E-state index contributed by atoms with van der Waals surface area (Å²) in [6, 6.07) is 13.5. The Bertz CT molecular complexity index is 1090. The minimum absolute atomic E-state index is 0.177. The number of fused-ring (bicyclic) bond motifs is 2. The zero-order chi connectivity index (χ0) is 21.2. The normalized spacial score (nSPS) is 16.6. The quantitative estimate of drug-likeness (QED) is 0.639. The summed E-state index contributed by atoms with van der Waals surface area (Å²) in [5, 5.41) is 4.42. The molecule has 0 amide bonds. The van der Waals surface area contributed by atoms with Crippen molar-refractivity contribution >= 4 is 5.57 Å². The molecule has 0 spiro atoms. The number of aryl methyl sites for hydroxylation is 2. The first kappa shape index (κ1) is 19.9. The van der Waals surface area contributed by atoms with Gasteiger partial charge in [0, 0.05) is 31.8 Å². The standard InChI is InChI=1S/C25H27FN4O/c1-31-22-5-2-18(3-6-22)8-12-29-13-9-19(10-14-29)24-23-7-4-21(26)16-20(23)11-15-30-25(24)27-17-28-30/h2-7,16-17H,8-15H2,1H3. The van der Waals surface area contributed by atoms with Gasteiger partial charge in [-0.2, -0.15) is 5.10 Å². The van der Waals surface area contributed by atoms with E-state index >= 15 is 0 Å². The average Bonchev–Trinajstić information content (AvgIpc) is 3.21. The molecular formula is C25H27FN4O. The number of ether oxygens (including phenoxy) is 1. The molecular weight excluding hydrogens is 391 g/mol. The molecule has 0 atom stereocenters. The van der Waals surface area contributed by atoms with Crippen molar-refractivity contribution in [3.05, 3.63) is 82.7 Å². The molecule has 3 aromatic rings. The Labute approximate surface area is 182 Å². The van der Waals surface area contributed by atoms with E-state index in [1.54, 1.807) is 25.6 Å². The number of nitrogens with zero attached hydrogens (tertiary/aromatic N) is 4. The van der Waals surface area contributed by atoms with Crippen LogP contribution in [0.4, 0.5) is 4.39 Å². The van der Waals surface area contributed by atoms with Crippen molar-refractivity contribution in [3.63, 3.8) is 0 Å². The second-order valence-corrected chi connectivity index (χ2v) is 8.28. The SMILES string of the molecule is COc1ccc(CCN2CCC(=C3c4ccc(F)cc4CCn4ncnc43)CC2)cc1. The number of hydrogen-bond donors (Lipinski definition) is 0. The molecule has 1 saturated heterocycles. The Balaban J connectivity index is 1.34. The molecule has 2 aliphatic rings. The van der Waals surface area contributed by atoms with Crippen molar-refractivity contribution in [2.24, 2.45) is 0 Å². The fourth-order valence-corrected chi connectivity index (χ4v) is 4.71. The van der Waals surface area contributed by atoms with Gasteiger partial charge in [-0.1, -0.05) is 23.8 Å². The van der Waals surface area contributed by atoms with E-state index in [0.717, 1.165) is 74.6 Å². The van der Waals surface area contributed by atoms with Gasteiger partial charge in [0.15, 0.2) is 5.82 Å². The van der Waals surface area contributed by atoms with E-state index in [4.69, 9.17) is 4.74 Å². The number of benzene rings is 2. The van der Waals surface area contributed by atoms with Crippen LogP contribution in [0.15, 0.2) is 54.4 Å². The number of piperidine rings is 1. The summed E-state index contributed by atoms with van der Waals surface area (Å²) in [6.45, 7) is 3.84. The van der Waals surface area contributed by atoms with Gasteiger partial charge in [-0.25, -0.2) is 14.1 Å². The first-order valence-corrected chi connectivity index (χ1v) is 11.0. The van der Waals surface area contributed by atoms with Crippen molar-refractivity contribution in [1.29, 1.82) is 0 Å². The molecule has 2 aliphatic heterocycles. The topological polar surface area (TPSA) is 43.2 Å². The molecule has 3 heterocycles. The van der Waals surface area contributed by atoms with E-state index in [0.29, 0.717) is 0 Å². The van der Waals surface area contributed by atoms with Gasteiger partial charge in [-0.15, -0.1) is 0 Å². The molecule has 0 N–H and O–H groups in total. The second kappa shape index (κ2) is 8.63. The Hall–Kier alpha value is -2.99. The monoisotopic (exact) mass is 418 g/mol. The Kier molecular flexibility index (Phi) is 5.55. The lowest BCUT2D eigenvalue weighted by molar-refractivity contribution is 0.260. The van der Waals surface area contributed by atoms with Crippen molar-refractivity contribution in [2.45, 2.75) is 32.2 Å². The Morgan fingerprint density at radius 3 is 2.58 bits per heavy atom. The van der Waals surface area contributed by atoms with E-state index in [-0.39, 0.29) is 5.82 Å². The maximum Gasteiger partial charge on any atom is 0.158 e. The van der Waals surface area contributed by atoms with Crippen molar-refractivity contribution < 1.29 is 9.13 Å². The second-order valence-electron chi connectivity index (χ2n) is 8.28. The molecule has 160 valence electrons. The predicted molar refractivity (Wildman–Crippen MR) is 119 cm³/mol. The van der Waals surface area contributed by atoms with Gasteiger partial charge in [-0.05, 0) is 66.6 Å². The van der Waals surface area contributed by atoms with Gasteiger partial charge in [0.1, 0.15) is 17.9 Å². The van der Waals surface area contributed by atoms with Crippen LogP contribution in [-0.4, -0.2) is 46.4 Å². The zero-order valence-corrected chi connectivity index (χ0v) is 17.9. The number of likely N-dealkylation sites (tertiary alicyclic amines) is 1. The molecule has 1 aromatic heterocycles. The molecule has 2 aromatic carbocycles. The van der Waals surface area contributed by atoms with Crippen LogP contribution in [0.2, 0.25) is 0 Å². The third-order valence-electron chi connectivity index (χ3n) is 6.46. The van der Waals surface area contributed by atoms with Crippen molar-refractivity contribution in [1.82, 2.24) is 19.7 Å². The van der Waals surface area contributed by atoms with Crippen LogP contribution in [-0.2, 0) is 19.4 Å². The van der Waals surface area contributed by atoms with Crippen molar-refractivity contribution in [3.8, 4) is 5.75 Å². The highest BCUT2D eigenvalue weighted by Crippen LogP contribution is 2.35. The van der Waals surface area contributed by atoms with Crippen LogP contribution in [0.25, 0.3) is 5.57 Å². The maximum absolute atomic E-state index is 13.9. The number of halogens is 1. The van der Waals surface area contributed by atoms with Crippen molar-refractivity contribution in [2.75, 3.05) is 26.7 Å². The first-order valence-electron chi connectivity index (χ1n) is 11.0. The van der Waals surface area contributed by atoms with Gasteiger partial charge in [0.05, 0.1) is 7.11 Å². The highest BCUT2D eigenvalue weighted by molar-refractivity contribution is 5.81. The summed E-state index contributed by atoms with van der Waals surface area (Å²) in [6.07, 6.45) is 5.44. The molecule has 6 heteroatoms. The average molecular weight is 419 g/mol. The fourth-order valence-electron chi connectivity index (χ4n) is 4.71. The lowest BCUT2D eigenvalue weighted by Gasteiger charge is -2.30.